The minimum atomic E-state index is 0.424. The highest BCUT2D eigenvalue weighted by atomic mass is 14.5. The van der Waals surface area contributed by atoms with Gasteiger partial charge in [-0.1, -0.05) is 51.0 Å². The maximum absolute atomic E-state index is 5.50. The molecule has 0 N–H and O–H groups in total. The molecule has 3 rings (SSSR count). The molecule has 0 bridgehead atoms. The fourth-order valence-electron chi connectivity index (χ4n) is 5.03. The van der Waals surface area contributed by atoms with Crippen molar-refractivity contribution in [2.75, 3.05) is 0 Å². The van der Waals surface area contributed by atoms with Crippen LogP contribution < -0.4 is 0 Å². The summed E-state index contributed by atoms with van der Waals surface area (Å²) in [6.45, 7) is 9.50. The van der Waals surface area contributed by atoms with Crippen LogP contribution in [0.25, 0.3) is 0 Å². The minimum absolute atomic E-state index is 0.424. The van der Waals surface area contributed by atoms with Crippen molar-refractivity contribution in [1.29, 1.82) is 0 Å². The van der Waals surface area contributed by atoms with Crippen molar-refractivity contribution < 1.29 is 0 Å². The van der Waals surface area contributed by atoms with Gasteiger partial charge in [-0.25, -0.2) is 0 Å². The van der Waals surface area contributed by atoms with Gasteiger partial charge < -0.3 is 0 Å². The molecular formula is C23H32. The molecule has 0 heterocycles. The summed E-state index contributed by atoms with van der Waals surface area (Å²) in [5, 5.41) is 0. The quantitative estimate of drug-likeness (QED) is 0.520. The van der Waals surface area contributed by atoms with E-state index < -0.39 is 0 Å². The van der Waals surface area contributed by atoms with E-state index in [0.717, 1.165) is 12.3 Å². The van der Waals surface area contributed by atoms with E-state index in [0.29, 0.717) is 16.7 Å². The Balaban J connectivity index is 1.81. The second-order valence-electron chi connectivity index (χ2n) is 8.79. The average Bonchev–Trinajstić information content (AvgIpc) is 3.15. The molecule has 0 heteroatoms. The lowest BCUT2D eigenvalue weighted by Gasteiger charge is -2.48. The van der Waals surface area contributed by atoms with Crippen molar-refractivity contribution in [1.82, 2.24) is 0 Å². The van der Waals surface area contributed by atoms with Crippen LogP contribution in [0.15, 0.2) is 18.2 Å². The van der Waals surface area contributed by atoms with Crippen molar-refractivity contribution in [3.63, 3.8) is 0 Å². The average molecular weight is 309 g/mol. The normalized spacial score (nSPS) is 35.4. The molecule has 124 valence electrons. The SMILES string of the molecule is C#CCCC1(C)CCC1c1cc(C)cc(C2CC2(C)CCC)c1. The predicted octanol–water partition coefficient (Wildman–Crippen LogP) is 6.59. The van der Waals surface area contributed by atoms with Crippen LogP contribution in [0.3, 0.4) is 0 Å². The molecule has 0 nitrogen and oxygen atoms in total. The van der Waals surface area contributed by atoms with E-state index in [9.17, 15) is 0 Å². The van der Waals surface area contributed by atoms with Crippen LogP contribution in [-0.2, 0) is 0 Å². The Morgan fingerprint density at radius 1 is 1.09 bits per heavy atom. The molecular weight excluding hydrogens is 276 g/mol. The van der Waals surface area contributed by atoms with Gasteiger partial charge in [0.2, 0.25) is 0 Å². The summed E-state index contributed by atoms with van der Waals surface area (Å²) in [7, 11) is 0. The number of aryl methyl sites for hydroxylation is 1. The largest absolute Gasteiger partial charge is 0.120 e. The smallest absolute Gasteiger partial charge is 0.00914 e. The molecule has 23 heavy (non-hydrogen) atoms. The van der Waals surface area contributed by atoms with Crippen LogP contribution in [0.1, 0.15) is 94.2 Å². The van der Waals surface area contributed by atoms with Crippen LogP contribution >= 0.6 is 0 Å². The Hall–Kier alpha value is -1.22. The van der Waals surface area contributed by atoms with Gasteiger partial charge in [0.05, 0.1) is 0 Å². The number of hydrogen-bond donors (Lipinski definition) is 0. The van der Waals surface area contributed by atoms with E-state index >= 15 is 0 Å². The monoisotopic (exact) mass is 308 g/mol. The summed E-state index contributed by atoms with van der Waals surface area (Å²) < 4.78 is 0. The van der Waals surface area contributed by atoms with Gasteiger partial charge in [0.15, 0.2) is 0 Å². The van der Waals surface area contributed by atoms with Crippen molar-refractivity contribution in [3.8, 4) is 12.3 Å². The molecule has 2 aliphatic rings. The second kappa shape index (κ2) is 6.01. The highest BCUT2D eigenvalue weighted by Crippen LogP contribution is 2.62. The Bertz CT molecular complexity index is 619. The third kappa shape index (κ3) is 3.08. The van der Waals surface area contributed by atoms with Gasteiger partial charge in [0.1, 0.15) is 0 Å². The maximum atomic E-state index is 5.50. The van der Waals surface area contributed by atoms with E-state index in [4.69, 9.17) is 6.42 Å². The number of terminal acetylenes is 1. The molecule has 2 fully saturated rings. The molecule has 0 spiro atoms. The molecule has 0 saturated heterocycles. The van der Waals surface area contributed by atoms with Gasteiger partial charge in [-0.15, -0.1) is 12.3 Å². The molecule has 0 aromatic heterocycles. The van der Waals surface area contributed by atoms with Crippen LogP contribution in [0.4, 0.5) is 0 Å². The summed E-state index contributed by atoms with van der Waals surface area (Å²) in [6, 6.07) is 7.41. The van der Waals surface area contributed by atoms with Crippen molar-refractivity contribution in [3.05, 3.63) is 34.9 Å². The first-order valence-corrected chi connectivity index (χ1v) is 9.47. The van der Waals surface area contributed by atoms with E-state index in [2.05, 4.69) is 51.8 Å². The number of rotatable bonds is 6. The van der Waals surface area contributed by atoms with Crippen LogP contribution in [0, 0.1) is 30.1 Å². The fraction of sp³-hybridized carbons (Fsp3) is 0.652. The fourth-order valence-corrected chi connectivity index (χ4v) is 5.03. The third-order valence-electron chi connectivity index (χ3n) is 6.79. The molecule has 4 atom stereocenters. The predicted molar refractivity (Wildman–Crippen MR) is 99.7 cm³/mol. The lowest BCUT2D eigenvalue weighted by molar-refractivity contribution is 0.103. The van der Waals surface area contributed by atoms with E-state index in [1.807, 2.05) is 0 Å². The Labute approximate surface area is 143 Å². The molecule has 0 amide bonds. The van der Waals surface area contributed by atoms with Crippen molar-refractivity contribution >= 4 is 0 Å². The third-order valence-corrected chi connectivity index (χ3v) is 6.79. The first-order valence-electron chi connectivity index (χ1n) is 9.47. The molecule has 1 aromatic carbocycles. The Kier molecular flexibility index (Phi) is 4.35. The van der Waals surface area contributed by atoms with Gasteiger partial charge in [0, 0.05) is 6.42 Å². The molecule has 2 aliphatic carbocycles. The van der Waals surface area contributed by atoms with E-state index in [1.54, 1.807) is 11.1 Å². The zero-order valence-corrected chi connectivity index (χ0v) is 15.4. The zero-order valence-electron chi connectivity index (χ0n) is 15.4. The standard InChI is InChI=1S/C23H32/c1-6-8-11-22(4)12-9-20(22)18-13-17(3)14-19(15-18)21-16-23(21,5)10-7-2/h1,13-15,20-21H,7-12,16H2,2-5H3. The van der Waals surface area contributed by atoms with E-state index in [1.165, 1.54) is 44.1 Å². The first kappa shape index (κ1) is 16.6. The van der Waals surface area contributed by atoms with Crippen molar-refractivity contribution in [2.24, 2.45) is 10.8 Å². The summed E-state index contributed by atoms with van der Waals surface area (Å²) >= 11 is 0. The van der Waals surface area contributed by atoms with E-state index in [-0.39, 0.29) is 0 Å². The summed E-state index contributed by atoms with van der Waals surface area (Å²) in [5.41, 5.74) is 5.60. The van der Waals surface area contributed by atoms with Gasteiger partial charge in [0.25, 0.3) is 0 Å². The van der Waals surface area contributed by atoms with Gasteiger partial charge >= 0.3 is 0 Å². The van der Waals surface area contributed by atoms with Gasteiger partial charge in [-0.05, 0) is 72.8 Å². The number of benzene rings is 1. The van der Waals surface area contributed by atoms with Gasteiger partial charge in [-0.2, -0.15) is 0 Å². The minimum Gasteiger partial charge on any atom is -0.120 e. The molecule has 0 aliphatic heterocycles. The van der Waals surface area contributed by atoms with Gasteiger partial charge in [-0.3, -0.25) is 0 Å². The summed E-state index contributed by atoms with van der Waals surface area (Å²) in [4.78, 5) is 0. The van der Waals surface area contributed by atoms with Crippen LogP contribution in [-0.4, -0.2) is 0 Å². The number of hydrogen-bond acceptors (Lipinski definition) is 0. The highest BCUT2D eigenvalue weighted by Gasteiger charge is 2.50. The highest BCUT2D eigenvalue weighted by molar-refractivity contribution is 5.39. The maximum Gasteiger partial charge on any atom is 0.00914 e. The Morgan fingerprint density at radius 3 is 2.35 bits per heavy atom. The van der Waals surface area contributed by atoms with Crippen molar-refractivity contribution in [2.45, 2.75) is 84.5 Å². The zero-order chi connectivity index (χ0) is 16.7. The lowest BCUT2D eigenvalue weighted by atomic mass is 9.57. The Morgan fingerprint density at radius 2 is 1.78 bits per heavy atom. The molecule has 0 radical (unpaired) electrons. The molecule has 4 unspecified atom stereocenters. The second-order valence-corrected chi connectivity index (χ2v) is 8.79. The first-order chi connectivity index (χ1) is 10.9. The molecule has 2 saturated carbocycles. The van der Waals surface area contributed by atoms with Crippen LogP contribution in [0.2, 0.25) is 0 Å². The topological polar surface area (TPSA) is 0 Å². The molecule has 1 aromatic rings. The van der Waals surface area contributed by atoms with Crippen LogP contribution in [0.5, 0.6) is 0 Å². The lowest BCUT2D eigenvalue weighted by Crippen LogP contribution is -2.35. The summed E-state index contributed by atoms with van der Waals surface area (Å²) in [5.74, 6) is 4.34. The summed E-state index contributed by atoms with van der Waals surface area (Å²) in [6.07, 6.45) is 14.3.